The number of nitrogens with zero attached hydrogens (tertiary/aromatic N) is 3. The SMILES string of the molecule is CC1NC(=O)COC12CCN(C(=O)c1csnn1)CC2. The Hall–Kier alpha value is -1.54. The van der Waals surface area contributed by atoms with Crippen LogP contribution in [0.1, 0.15) is 30.3 Å². The maximum absolute atomic E-state index is 12.2. The van der Waals surface area contributed by atoms with Gasteiger partial charge >= 0.3 is 0 Å². The van der Waals surface area contributed by atoms with Crippen molar-refractivity contribution in [3.8, 4) is 0 Å². The molecule has 2 aliphatic heterocycles. The first-order valence-electron chi connectivity index (χ1n) is 6.60. The highest BCUT2D eigenvalue weighted by molar-refractivity contribution is 7.03. The summed E-state index contributed by atoms with van der Waals surface area (Å²) in [6, 6.07) is -0.0260. The quantitative estimate of drug-likeness (QED) is 0.791. The van der Waals surface area contributed by atoms with Crippen LogP contribution in [-0.4, -0.2) is 57.6 Å². The molecule has 3 heterocycles. The molecule has 1 aromatic heterocycles. The molecule has 2 fully saturated rings. The van der Waals surface area contributed by atoms with Crippen molar-refractivity contribution >= 4 is 23.3 Å². The van der Waals surface area contributed by atoms with E-state index in [4.69, 9.17) is 4.74 Å². The lowest BCUT2D eigenvalue weighted by molar-refractivity contribution is -0.158. The largest absolute Gasteiger partial charge is 0.363 e. The van der Waals surface area contributed by atoms with Gasteiger partial charge in [-0.2, -0.15) is 0 Å². The van der Waals surface area contributed by atoms with Crippen molar-refractivity contribution in [3.63, 3.8) is 0 Å². The summed E-state index contributed by atoms with van der Waals surface area (Å²) in [6.07, 6.45) is 1.44. The van der Waals surface area contributed by atoms with Gasteiger partial charge in [-0.25, -0.2) is 0 Å². The highest BCUT2D eigenvalue weighted by Crippen LogP contribution is 2.32. The van der Waals surface area contributed by atoms with E-state index in [9.17, 15) is 9.59 Å². The van der Waals surface area contributed by atoms with Crippen molar-refractivity contribution in [1.82, 2.24) is 19.8 Å². The predicted molar refractivity (Wildman–Crippen MR) is 71.3 cm³/mol. The fraction of sp³-hybridized carbons (Fsp3) is 0.667. The maximum Gasteiger partial charge on any atom is 0.275 e. The molecule has 0 saturated carbocycles. The Bertz CT molecular complexity index is 511. The Morgan fingerprint density at radius 3 is 2.90 bits per heavy atom. The number of morpholine rings is 1. The minimum absolute atomic E-state index is 0.0260. The van der Waals surface area contributed by atoms with Gasteiger partial charge in [0.2, 0.25) is 5.91 Å². The molecule has 2 aliphatic rings. The number of carbonyl (C=O) groups is 2. The van der Waals surface area contributed by atoms with Gasteiger partial charge in [-0.1, -0.05) is 4.49 Å². The van der Waals surface area contributed by atoms with Crippen molar-refractivity contribution < 1.29 is 14.3 Å². The lowest BCUT2D eigenvalue weighted by atomic mass is 9.83. The monoisotopic (exact) mass is 296 g/mol. The summed E-state index contributed by atoms with van der Waals surface area (Å²) in [5, 5.41) is 8.39. The first-order valence-corrected chi connectivity index (χ1v) is 7.44. The van der Waals surface area contributed by atoms with Crippen LogP contribution >= 0.6 is 11.5 Å². The summed E-state index contributed by atoms with van der Waals surface area (Å²) in [7, 11) is 0. The second-order valence-corrected chi connectivity index (χ2v) is 5.83. The van der Waals surface area contributed by atoms with Crippen LogP contribution < -0.4 is 5.32 Å². The Labute approximate surface area is 120 Å². The number of hydrogen-bond acceptors (Lipinski definition) is 6. The average Bonchev–Trinajstić information content (AvgIpc) is 2.98. The fourth-order valence-corrected chi connectivity index (χ4v) is 3.26. The Morgan fingerprint density at radius 1 is 1.55 bits per heavy atom. The fourth-order valence-electron chi connectivity index (χ4n) is 2.83. The summed E-state index contributed by atoms with van der Waals surface area (Å²) in [4.78, 5) is 25.3. The van der Waals surface area contributed by atoms with E-state index in [1.807, 2.05) is 6.92 Å². The van der Waals surface area contributed by atoms with E-state index in [0.717, 1.165) is 12.8 Å². The van der Waals surface area contributed by atoms with E-state index >= 15 is 0 Å². The summed E-state index contributed by atoms with van der Waals surface area (Å²) in [6.45, 7) is 3.28. The molecular formula is C12H16N4O3S. The number of carbonyl (C=O) groups excluding carboxylic acids is 2. The third-order valence-corrected chi connectivity index (χ3v) is 4.64. The summed E-state index contributed by atoms with van der Waals surface area (Å²) < 4.78 is 9.49. The second-order valence-electron chi connectivity index (χ2n) is 5.23. The first-order chi connectivity index (χ1) is 9.61. The third kappa shape index (κ3) is 2.29. The molecule has 2 saturated heterocycles. The highest BCUT2D eigenvalue weighted by atomic mass is 32.1. The molecule has 0 bridgehead atoms. The van der Waals surface area contributed by atoms with Crippen LogP contribution in [0.5, 0.6) is 0 Å². The normalized spacial score (nSPS) is 25.6. The Balaban J connectivity index is 1.65. The summed E-state index contributed by atoms with van der Waals surface area (Å²) >= 11 is 1.17. The van der Waals surface area contributed by atoms with Gasteiger partial charge in [-0.3, -0.25) is 9.59 Å². The van der Waals surface area contributed by atoms with Crippen molar-refractivity contribution in [2.24, 2.45) is 0 Å². The molecule has 0 aromatic carbocycles. The van der Waals surface area contributed by atoms with Crippen LogP contribution in [-0.2, 0) is 9.53 Å². The van der Waals surface area contributed by atoms with Gasteiger partial charge in [0.1, 0.15) is 6.61 Å². The summed E-state index contributed by atoms with van der Waals surface area (Å²) in [5.74, 6) is -0.156. The van der Waals surface area contributed by atoms with Crippen LogP contribution in [0.2, 0.25) is 0 Å². The zero-order valence-electron chi connectivity index (χ0n) is 11.2. The molecule has 1 aromatic rings. The first kappa shape index (κ1) is 13.4. The van der Waals surface area contributed by atoms with Gasteiger partial charge in [0.05, 0.1) is 11.6 Å². The van der Waals surface area contributed by atoms with Gasteiger partial charge in [-0.05, 0) is 31.3 Å². The highest BCUT2D eigenvalue weighted by Gasteiger charge is 2.45. The number of aromatic nitrogens is 2. The molecule has 108 valence electrons. The molecule has 8 heteroatoms. The molecule has 1 N–H and O–H groups in total. The molecule has 20 heavy (non-hydrogen) atoms. The van der Waals surface area contributed by atoms with Gasteiger partial charge in [0, 0.05) is 18.5 Å². The molecule has 3 rings (SSSR count). The minimum Gasteiger partial charge on any atom is -0.363 e. The van der Waals surface area contributed by atoms with Gasteiger partial charge in [-0.15, -0.1) is 5.10 Å². The van der Waals surface area contributed by atoms with E-state index in [0.29, 0.717) is 18.8 Å². The standard InChI is InChI=1S/C12H16N4O3S/c1-8-12(19-6-10(17)13-8)2-4-16(5-3-12)11(18)9-7-20-15-14-9/h7-8H,2-6H2,1H3,(H,13,17). The van der Waals surface area contributed by atoms with E-state index < -0.39 is 0 Å². The van der Waals surface area contributed by atoms with Crippen molar-refractivity contribution in [3.05, 3.63) is 11.1 Å². The van der Waals surface area contributed by atoms with Crippen molar-refractivity contribution in [1.29, 1.82) is 0 Å². The molecule has 0 aliphatic carbocycles. The molecule has 0 radical (unpaired) electrons. The lowest BCUT2D eigenvalue weighted by Crippen LogP contribution is -2.63. The number of rotatable bonds is 1. The number of piperidine rings is 1. The van der Waals surface area contributed by atoms with Gasteiger partial charge in [0.15, 0.2) is 5.69 Å². The molecule has 1 spiro atoms. The second kappa shape index (κ2) is 5.10. The smallest absolute Gasteiger partial charge is 0.275 e. The van der Waals surface area contributed by atoms with E-state index in [-0.39, 0.29) is 30.1 Å². The molecule has 2 amide bonds. The topological polar surface area (TPSA) is 84.4 Å². The number of ether oxygens (including phenoxy) is 1. The zero-order valence-corrected chi connectivity index (χ0v) is 12.0. The van der Waals surface area contributed by atoms with Crippen LogP contribution in [0.25, 0.3) is 0 Å². The lowest BCUT2D eigenvalue weighted by Gasteiger charge is -2.47. The Morgan fingerprint density at radius 2 is 2.30 bits per heavy atom. The van der Waals surface area contributed by atoms with E-state index in [1.165, 1.54) is 11.5 Å². The van der Waals surface area contributed by atoms with Crippen LogP contribution in [0.3, 0.4) is 0 Å². The van der Waals surface area contributed by atoms with E-state index in [1.54, 1.807) is 10.3 Å². The molecule has 1 atom stereocenters. The Kier molecular flexibility index (Phi) is 3.43. The minimum atomic E-state index is -0.342. The average molecular weight is 296 g/mol. The maximum atomic E-state index is 12.2. The predicted octanol–water partition coefficient (Wildman–Crippen LogP) is 0.0478. The molecule has 1 unspecified atom stereocenters. The number of amides is 2. The number of nitrogens with one attached hydrogen (secondary N) is 1. The number of hydrogen-bond donors (Lipinski definition) is 1. The van der Waals surface area contributed by atoms with Crippen LogP contribution in [0, 0.1) is 0 Å². The van der Waals surface area contributed by atoms with Crippen molar-refractivity contribution in [2.45, 2.75) is 31.4 Å². The van der Waals surface area contributed by atoms with Crippen LogP contribution in [0.15, 0.2) is 5.38 Å². The molecule has 7 nitrogen and oxygen atoms in total. The van der Waals surface area contributed by atoms with Crippen LogP contribution in [0.4, 0.5) is 0 Å². The zero-order chi connectivity index (χ0) is 14.2. The van der Waals surface area contributed by atoms with Crippen molar-refractivity contribution in [2.75, 3.05) is 19.7 Å². The van der Waals surface area contributed by atoms with Gasteiger partial charge in [0.25, 0.3) is 5.91 Å². The van der Waals surface area contributed by atoms with E-state index in [2.05, 4.69) is 14.9 Å². The number of likely N-dealkylation sites (tertiary alicyclic amines) is 1. The molecular weight excluding hydrogens is 280 g/mol. The van der Waals surface area contributed by atoms with Gasteiger partial charge < -0.3 is 15.0 Å². The summed E-state index contributed by atoms with van der Waals surface area (Å²) in [5.41, 5.74) is 0.0576. The third-order valence-electron chi connectivity index (χ3n) is 4.13.